The Morgan fingerprint density at radius 3 is 2.33 bits per heavy atom. The van der Waals surface area contributed by atoms with Crippen LogP contribution in [0.3, 0.4) is 0 Å². The van der Waals surface area contributed by atoms with Gasteiger partial charge < -0.3 is 19.6 Å². The van der Waals surface area contributed by atoms with Crippen LogP contribution in [0.5, 0.6) is 5.75 Å². The van der Waals surface area contributed by atoms with Crippen LogP contribution in [0, 0.1) is 5.82 Å². The summed E-state index contributed by atoms with van der Waals surface area (Å²) in [5.41, 5.74) is 1.31. The number of hydrogen-bond acceptors (Lipinski definition) is 4. The highest BCUT2D eigenvalue weighted by Crippen LogP contribution is 2.32. The molecule has 160 valence electrons. The molecule has 1 amide bonds. The van der Waals surface area contributed by atoms with E-state index in [2.05, 4.69) is 5.32 Å². The maximum atomic E-state index is 13.4. The van der Waals surface area contributed by atoms with E-state index in [1.165, 1.54) is 12.1 Å². The summed E-state index contributed by atoms with van der Waals surface area (Å²) in [5, 5.41) is 3.13. The summed E-state index contributed by atoms with van der Waals surface area (Å²) in [5.74, 6) is 0.202. The molecule has 1 unspecified atom stereocenters. The lowest BCUT2D eigenvalue weighted by atomic mass is 9.82. The highest BCUT2D eigenvalue weighted by atomic mass is 19.1. The van der Waals surface area contributed by atoms with Gasteiger partial charge in [-0.2, -0.15) is 0 Å². The number of ketones is 1. The zero-order valence-electron chi connectivity index (χ0n) is 17.4. The Hall–Kier alpha value is -2.73. The molecule has 0 aromatic heterocycles. The fourth-order valence-corrected chi connectivity index (χ4v) is 3.62. The fraction of sp³-hybridized carbons (Fsp3) is 0.417. The largest absolute Gasteiger partial charge is 0.481 e. The number of ether oxygens (including phenoxy) is 2. The first-order valence-electron chi connectivity index (χ1n) is 10.3. The summed E-state index contributed by atoms with van der Waals surface area (Å²) in [4.78, 5) is 24.0. The molecule has 6 heteroatoms. The minimum Gasteiger partial charge on any atom is -0.481 e. The molecule has 2 aromatic rings. The summed E-state index contributed by atoms with van der Waals surface area (Å²) in [7, 11) is 0. The quantitative estimate of drug-likeness (QED) is 0.712. The lowest BCUT2D eigenvalue weighted by molar-refractivity contribution is -0.130. The molecule has 2 aromatic carbocycles. The van der Waals surface area contributed by atoms with Gasteiger partial charge in [-0.1, -0.05) is 24.3 Å². The summed E-state index contributed by atoms with van der Waals surface area (Å²) < 4.78 is 24.7. The molecule has 1 aliphatic rings. The average Bonchev–Trinajstić information content (AvgIpc) is 2.74. The van der Waals surface area contributed by atoms with Crippen LogP contribution in [0.2, 0.25) is 0 Å². The Kier molecular flexibility index (Phi) is 7.21. The molecule has 0 bridgehead atoms. The molecule has 30 heavy (non-hydrogen) atoms. The van der Waals surface area contributed by atoms with E-state index in [1.807, 2.05) is 24.3 Å². The second-order valence-electron chi connectivity index (χ2n) is 7.80. The van der Waals surface area contributed by atoms with Crippen molar-refractivity contribution < 1.29 is 23.5 Å². The summed E-state index contributed by atoms with van der Waals surface area (Å²) in [6.45, 7) is 4.33. The number of carbonyl (C=O) groups excluding carboxylic acids is 2. The Balaban J connectivity index is 1.65. The van der Waals surface area contributed by atoms with E-state index in [4.69, 9.17) is 9.47 Å². The van der Waals surface area contributed by atoms with Crippen LogP contribution in [-0.2, 0) is 26.3 Å². The van der Waals surface area contributed by atoms with Crippen molar-refractivity contribution in [2.24, 2.45) is 0 Å². The molecular weight excluding hydrogens is 385 g/mol. The number of Topliss-reactive ketones (excluding diaryl/α,β-unsaturated/α-hetero) is 1. The van der Waals surface area contributed by atoms with Crippen LogP contribution in [0.4, 0.5) is 4.39 Å². The monoisotopic (exact) mass is 413 g/mol. The van der Waals surface area contributed by atoms with Gasteiger partial charge in [-0.05, 0) is 68.5 Å². The molecule has 1 aliphatic heterocycles. The Bertz CT molecular complexity index is 858. The molecule has 1 atom stereocenters. The zero-order chi connectivity index (χ0) is 21.6. The van der Waals surface area contributed by atoms with Crippen LogP contribution in [0.15, 0.2) is 48.5 Å². The molecule has 0 spiro atoms. The van der Waals surface area contributed by atoms with Crippen LogP contribution >= 0.6 is 0 Å². The smallest absolute Gasteiger partial charge is 0.261 e. The van der Waals surface area contributed by atoms with Gasteiger partial charge in [0, 0.05) is 19.6 Å². The molecule has 1 fully saturated rings. The van der Waals surface area contributed by atoms with Crippen molar-refractivity contribution in [2.75, 3.05) is 13.2 Å². The van der Waals surface area contributed by atoms with Gasteiger partial charge in [0.05, 0.1) is 5.54 Å². The third-order valence-electron chi connectivity index (χ3n) is 5.48. The van der Waals surface area contributed by atoms with Crippen molar-refractivity contribution in [1.82, 2.24) is 5.32 Å². The van der Waals surface area contributed by atoms with Gasteiger partial charge in [0.1, 0.15) is 17.3 Å². The van der Waals surface area contributed by atoms with Crippen molar-refractivity contribution in [1.29, 1.82) is 0 Å². The van der Waals surface area contributed by atoms with Crippen molar-refractivity contribution in [3.8, 4) is 5.75 Å². The minimum absolute atomic E-state index is 0.156. The fourth-order valence-electron chi connectivity index (χ4n) is 3.62. The molecule has 0 radical (unpaired) electrons. The lowest BCUT2D eigenvalue weighted by Gasteiger charge is -2.39. The normalized spacial score (nSPS) is 16.5. The predicted octanol–water partition coefficient (Wildman–Crippen LogP) is 3.94. The van der Waals surface area contributed by atoms with Crippen molar-refractivity contribution in [3.05, 3.63) is 65.5 Å². The Morgan fingerprint density at radius 2 is 1.73 bits per heavy atom. The average molecular weight is 413 g/mol. The van der Waals surface area contributed by atoms with Gasteiger partial charge in [0.2, 0.25) is 0 Å². The number of nitrogens with one attached hydrogen (secondary N) is 1. The highest BCUT2D eigenvalue weighted by molar-refractivity contribution is 5.81. The number of rotatable bonds is 8. The molecule has 3 rings (SSSR count). The first-order chi connectivity index (χ1) is 14.4. The molecule has 5 nitrogen and oxygen atoms in total. The summed E-state index contributed by atoms with van der Waals surface area (Å²) >= 11 is 0. The zero-order valence-corrected chi connectivity index (χ0v) is 17.4. The Morgan fingerprint density at radius 1 is 1.10 bits per heavy atom. The summed E-state index contributed by atoms with van der Waals surface area (Å²) in [6, 6.07) is 13.7. The van der Waals surface area contributed by atoms with Gasteiger partial charge in [0.15, 0.2) is 6.10 Å². The lowest BCUT2D eigenvalue weighted by Crippen LogP contribution is -2.52. The number of benzene rings is 2. The second-order valence-corrected chi connectivity index (χ2v) is 7.80. The highest BCUT2D eigenvalue weighted by Gasteiger charge is 2.37. The third-order valence-corrected chi connectivity index (χ3v) is 5.48. The number of amides is 1. The number of hydrogen-bond donors (Lipinski definition) is 1. The van der Waals surface area contributed by atoms with Gasteiger partial charge in [-0.15, -0.1) is 0 Å². The SMILES string of the molecule is CC(=O)CCc1ccc(OC(C)C(=O)NC2(c3ccc(F)cc3)CCOCC2)cc1. The topological polar surface area (TPSA) is 64.6 Å². The maximum absolute atomic E-state index is 13.4. The van der Waals surface area contributed by atoms with E-state index in [0.717, 1.165) is 11.1 Å². The first-order valence-corrected chi connectivity index (χ1v) is 10.3. The van der Waals surface area contributed by atoms with Gasteiger partial charge >= 0.3 is 0 Å². The van der Waals surface area contributed by atoms with E-state index in [0.29, 0.717) is 44.6 Å². The van der Waals surface area contributed by atoms with Gasteiger partial charge in [0.25, 0.3) is 5.91 Å². The van der Waals surface area contributed by atoms with Gasteiger partial charge in [-0.25, -0.2) is 4.39 Å². The van der Waals surface area contributed by atoms with Crippen LogP contribution < -0.4 is 10.1 Å². The number of aryl methyl sites for hydroxylation is 1. The molecule has 1 saturated heterocycles. The maximum Gasteiger partial charge on any atom is 0.261 e. The number of halogens is 1. The standard InChI is InChI=1S/C24H28FNO4/c1-17(27)3-4-19-5-11-22(12-6-19)30-18(2)23(28)26-24(13-15-29-16-14-24)20-7-9-21(25)10-8-20/h5-12,18H,3-4,13-16H2,1-2H3,(H,26,28). The third kappa shape index (κ3) is 5.66. The minimum atomic E-state index is -0.701. The molecule has 1 N–H and O–H groups in total. The molecular formula is C24H28FNO4. The van der Waals surface area contributed by atoms with Crippen LogP contribution in [0.25, 0.3) is 0 Å². The van der Waals surface area contributed by atoms with Crippen molar-refractivity contribution in [2.45, 2.75) is 51.2 Å². The predicted molar refractivity (Wildman–Crippen MR) is 112 cm³/mol. The Labute approximate surface area is 176 Å². The van der Waals surface area contributed by atoms with Crippen LogP contribution in [-0.4, -0.2) is 31.0 Å². The van der Waals surface area contributed by atoms with E-state index in [-0.39, 0.29) is 17.5 Å². The molecule has 0 aliphatic carbocycles. The van der Waals surface area contributed by atoms with E-state index in [1.54, 1.807) is 26.0 Å². The number of carbonyl (C=O) groups is 2. The van der Waals surface area contributed by atoms with E-state index < -0.39 is 11.6 Å². The first kappa shape index (κ1) is 22.0. The van der Waals surface area contributed by atoms with Crippen molar-refractivity contribution >= 4 is 11.7 Å². The molecule has 1 heterocycles. The van der Waals surface area contributed by atoms with E-state index in [9.17, 15) is 14.0 Å². The van der Waals surface area contributed by atoms with E-state index >= 15 is 0 Å². The van der Waals surface area contributed by atoms with Gasteiger partial charge in [-0.3, -0.25) is 4.79 Å². The summed E-state index contributed by atoms with van der Waals surface area (Å²) in [6.07, 6.45) is 1.72. The van der Waals surface area contributed by atoms with Crippen molar-refractivity contribution in [3.63, 3.8) is 0 Å². The molecule has 0 saturated carbocycles. The second kappa shape index (κ2) is 9.85. The van der Waals surface area contributed by atoms with Crippen LogP contribution in [0.1, 0.15) is 44.2 Å².